The second-order valence-electron chi connectivity index (χ2n) is 4.53. The Morgan fingerprint density at radius 1 is 1.21 bits per heavy atom. The van der Waals surface area contributed by atoms with Gasteiger partial charge in [-0.25, -0.2) is 0 Å². The Morgan fingerprint density at radius 2 is 1.79 bits per heavy atom. The molecule has 0 amide bonds. The Kier molecular flexibility index (Phi) is 6.43. The zero-order valence-corrected chi connectivity index (χ0v) is 12.6. The molecule has 0 heterocycles. The predicted molar refractivity (Wildman–Crippen MR) is 75.4 cm³/mol. The predicted octanol–water partition coefficient (Wildman–Crippen LogP) is 3.31. The molecule has 1 rings (SSSR count). The molecule has 0 fully saturated rings. The molecule has 1 unspecified atom stereocenters. The first kappa shape index (κ1) is 16.1. The van der Waals surface area contributed by atoms with Crippen LogP contribution in [0.15, 0.2) is 30.3 Å². The molecule has 0 spiro atoms. The van der Waals surface area contributed by atoms with E-state index in [9.17, 15) is 9.36 Å². The lowest BCUT2D eigenvalue weighted by Gasteiger charge is -2.15. The Hall–Kier alpha value is -0.960. The van der Waals surface area contributed by atoms with E-state index in [0.29, 0.717) is 0 Å². The third-order valence-electron chi connectivity index (χ3n) is 3.16. The van der Waals surface area contributed by atoms with Crippen molar-refractivity contribution in [1.82, 2.24) is 0 Å². The average molecular weight is 284 g/mol. The third kappa shape index (κ3) is 5.27. The lowest BCUT2D eigenvalue weighted by Crippen LogP contribution is -2.17. The molecule has 0 radical (unpaired) electrons. The molecule has 1 aromatic carbocycles. The van der Waals surface area contributed by atoms with E-state index in [1.807, 2.05) is 37.3 Å². The van der Waals surface area contributed by atoms with Crippen molar-refractivity contribution in [3.05, 3.63) is 35.9 Å². The van der Waals surface area contributed by atoms with E-state index in [2.05, 4.69) is 0 Å². The molecule has 0 saturated heterocycles. The molecule has 5 heteroatoms. The fourth-order valence-corrected chi connectivity index (χ4v) is 2.84. The summed E-state index contributed by atoms with van der Waals surface area (Å²) in [7, 11) is -0.641. The van der Waals surface area contributed by atoms with Crippen LogP contribution in [-0.2, 0) is 24.8 Å². The highest BCUT2D eigenvalue weighted by Gasteiger charge is 2.27. The number of carbonyl (C=O) groups is 1. The summed E-state index contributed by atoms with van der Waals surface area (Å²) in [5, 5.41) is 0. The van der Waals surface area contributed by atoms with E-state index >= 15 is 0 Å². The fraction of sp³-hybridized carbons (Fsp3) is 0.500. The minimum absolute atomic E-state index is 0.0806. The second kappa shape index (κ2) is 7.59. The van der Waals surface area contributed by atoms with Crippen LogP contribution in [0.2, 0.25) is 0 Å². The number of Topliss-reactive ketones (excluding diaryl/α,β-unsaturated/α-hetero) is 1. The molecule has 1 aromatic rings. The van der Waals surface area contributed by atoms with Crippen LogP contribution in [0.1, 0.15) is 18.9 Å². The van der Waals surface area contributed by atoms with Crippen LogP contribution in [0.25, 0.3) is 0 Å². The van der Waals surface area contributed by atoms with Crippen LogP contribution < -0.4 is 0 Å². The number of aryl methyl sites for hydroxylation is 1. The summed E-state index contributed by atoms with van der Waals surface area (Å²) >= 11 is 0. The quantitative estimate of drug-likeness (QED) is 0.687. The lowest BCUT2D eigenvalue weighted by molar-refractivity contribution is -0.120. The highest BCUT2D eigenvalue weighted by Crippen LogP contribution is 2.46. The summed E-state index contributed by atoms with van der Waals surface area (Å²) in [6, 6.07) is 9.99. The number of carbonyl (C=O) groups excluding carboxylic acids is 1. The molecule has 0 aliphatic carbocycles. The van der Waals surface area contributed by atoms with Crippen molar-refractivity contribution in [3.8, 4) is 0 Å². The monoisotopic (exact) mass is 284 g/mol. The molecule has 19 heavy (non-hydrogen) atoms. The van der Waals surface area contributed by atoms with Gasteiger partial charge in [-0.1, -0.05) is 37.3 Å². The second-order valence-corrected chi connectivity index (χ2v) is 6.79. The molecule has 0 aromatic heterocycles. The van der Waals surface area contributed by atoms with Crippen LogP contribution in [0, 0.1) is 5.92 Å². The summed E-state index contributed by atoms with van der Waals surface area (Å²) in [6.07, 6.45) is 1.41. The van der Waals surface area contributed by atoms with Gasteiger partial charge in [0.2, 0.25) is 0 Å². The van der Waals surface area contributed by atoms with Gasteiger partial charge in [-0.2, -0.15) is 0 Å². The van der Waals surface area contributed by atoms with Gasteiger partial charge in [0.05, 0.1) is 0 Å². The van der Waals surface area contributed by atoms with Gasteiger partial charge in [0.15, 0.2) is 0 Å². The lowest BCUT2D eigenvalue weighted by atomic mass is 9.98. The highest BCUT2D eigenvalue weighted by molar-refractivity contribution is 7.54. The Balaban J connectivity index is 2.47. The molecular formula is C14H21O4P. The van der Waals surface area contributed by atoms with Gasteiger partial charge >= 0.3 is 7.60 Å². The smallest absolute Gasteiger partial charge is 0.312 e. The highest BCUT2D eigenvalue weighted by atomic mass is 31.2. The Morgan fingerprint density at radius 3 is 2.32 bits per heavy atom. The molecule has 106 valence electrons. The first-order valence-electron chi connectivity index (χ1n) is 6.28. The van der Waals surface area contributed by atoms with Crippen LogP contribution in [0.5, 0.6) is 0 Å². The number of rotatable bonds is 8. The van der Waals surface area contributed by atoms with Crippen LogP contribution in [-0.4, -0.2) is 26.2 Å². The SMILES string of the molecule is COP(=O)(CC(=O)C(C)CCc1ccccc1)OC. The summed E-state index contributed by atoms with van der Waals surface area (Å²) in [4.78, 5) is 12.0. The van der Waals surface area contributed by atoms with E-state index in [-0.39, 0.29) is 17.9 Å². The maximum absolute atomic E-state index is 12.0. The molecule has 1 atom stereocenters. The van der Waals surface area contributed by atoms with E-state index < -0.39 is 7.60 Å². The van der Waals surface area contributed by atoms with E-state index in [1.54, 1.807) is 0 Å². The maximum atomic E-state index is 12.0. The standard InChI is InChI=1S/C14H21O4P/c1-12(9-10-13-7-5-4-6-8-13)14(15)11-19(16,17-2)18-3/h4-8,12H,9-11H2,1-3H3. The fourth-order valence-electron chi connectivity index (χ4n) is 1.74. The summed E-state index contributed by atoms with van der Waals surface area (Å²) in [6.45, 7) is 1.85. The van der Waals surface area contributed by atoms with Crippen LogP contribution in [0.3, 0.4) is 0 Å². The first-order chi connectivity index (χ1) is 9.00. The van der Waals surface area contributed by atoms with Crippen molar-refractivity contribution in [2.45, 2.75) is 19.8 Å². The van der Waals surface area contributed by atoms with Crippen molar-refractivity contribution >= 4 is 13.4 Å². The largest absolute Gasteiger partial charge is 0.337 e. The molecule has 0 N–H and O–H groups in total. The number of ketones is 1. The van der Waals surface area contributed by atoms with Gasteiger partial charge < -0.3 is 9.05 Å². The van der Waals surface area contributed by atoms with Gasteiger partial charge in [0, 0.05) is 20.1 Å². The Bertz CT molecular complexity index is 436. The zero-order valence-electron chi connectivity index (χ0n) is 11.7. The van der Waals surface area contributed by atoms with Crippen molar-refractivity contribution in [2.24, 2.45) is 5.92 Å². The molecule has 4 nitrogen and oxygen atoms in total. The minimum atomic E-state index is -3.24. The van der Waals surface area contributed by atoms with E-state index in [1.165, 1.54) is 19.8 Å². The number of hydrogen-bond acceptors (Lipinski definition) is 4. The van der Waals surface area contributed by atoms with Gasteiger partial charge in [0.1, 0.15) is 11.9 Å². The number of hydrogen-bond donors (Lipinski definition) is 0. The van der Waals surface area contributed by atoms with E-state index in [4.69, 9.17) is 9.05 Å². The zero-order chi connectivity index (χ0) is 14.3. The summed E-state index contributed by atoms with van der Waals surface area (Å²) in [5.74, 6) is -0.234. The average Bonchev–Trinajstić information content (AvgIpc) is 2.45. The molecular weight excluding hydrogens is 263 g/mol. The van der Waals surface area contributed by atoms with Gasteiger partial charge in [-0.05, 0) is 18.4 Å². The molecule has 0 aliphatic heterocycles. The summed E-state index contributed by atoms with van der Waals surface area (Å²) < 4.78 is 21.4. The van der Waals surface area contributed by atoms with Gasteiger partial charge in [-0.3, -0.25) is 9.36 Å². The number of benzene rings is 1. The van der Waals surface area contributed by atoms with Crippen molar-refractivity contribution in [1.29, 1.82) is 0 Å². The first-order valence-corrected chi connectivity index (χ1v) is 8.00. The minimum Gasteiger partial charge on any atom is -0.312 e. The van der Waals surface area contributed by atoms with E-state index in [0.717, 1.165) is 12.8 Å². The van der Waals surface area contributed by atoms with Gasteiger partial charge in [-0.15, -0.1) is 0 Å². The maximum Gasteiger partial charge on any atom is 0.337 e. The van der Waals surface area contributed by atoms with Crippen LogP contribution in [0.4, 0.5) is 0 Å². The molecule has 0 saturated carbocycles. The molecule has 0 aliphatic rings. The normalized spacial score (nSPS) is 13.2. The molecule has 0 bridgehead atoms. The topological polar surface area (TPSA) is 52.6 Å². The van der Waals surface area contributed by atoms with Crippen molar-refractivity contribution in [2.75, 3.05) is 20.4 Å². The van der Waals surface area contributed by atoms with Crippen molar-refractivity contribution in [3.63, 3.8) is 0 Å². The van der Waals surface area contributed by atoms with Crippen molar-refractivity contribution < 1.29 is 18.4 Å². The Labute approximate surface area is 114 Å². The summed E-state index contributed by atoms with van der Waals surface area (Å²) in [5.41, 5.74) is 1.20. The third-order valence-corrected chi connectivity index (χ3v) is 4.98. The van der Waals surface area contributed by atoms with Crippen LogP contribution >= 0.6 is 7.60 Å². The van der Waals surface area contributed by atoms with Gasteiger partial charge in [0.25, 0.3) is 0 Å².